The van der Waals surface area contributed by atoms with Gasteiger partial charge in [0.05, 0.1) is 0 Å². The molecule has 0 aliphatic heterocycles. The van der Waals surface area contributed by atoms with Crippen LogP contribution < -0.4 is 0 Å². The lowest BCUT2D eigenvalue weighted by molar-refractivity contribution is 1.78. The fraction of sp³-hybridized carbons (Fsp3) is 0. The number of hydrogen-bond donors (Lipinski definition) is 0. The van der Waals surface area contributed by atoms with E-state index in [0.717, 1.165) is 0 Å². The Morgan fingerprint density at radius 3 is 1.90 bits per heavy atom. The van der Waals surface area contributed by atoms with Crippen molar-refractivity contribution in [2.45, 2.75) is 0 Å². The quantitative estimate of drug-likeness (QED) is 0.250. The van der Waals surface area contributed by atoms with Crippen molar-refractivity contribution in [1.82, 2.24) is 0 Å². The smallest absolute Gasteiger partial charge is 0.00201 e. The molecule has 0 aliphatic carbocycles. The lowest BCUT2D eigenvalue weighted by Crippen LogP contribution is -1.86. The van der Waals surface area contributed by atoms with E-state index in [0.29, 0.717) is 0 Å². The van der Waals surface area contributed by atoms with Gasteiger partial charge in [0.2, 0.25) is 0 Å². The monoisotopic (exact) mass is 251 g/mol. The Morgan fingerprint density at radius 1 is 0.550 bits per heavy atom. The summed E-state index contributed by atoms with van der Waals surface area (Å²) in [4.78, 5) is 0. The molecule has 0 bridgehead atoms. The highest BCUT2D eigenvalue weighted by molar-refractivity contribution is 6.32. The Hall–Kier alpha value is -2.60. The molecule has 5 aromatic carbocycles. The molecule has 5 rings (SSSR count). The van der Waals surface area contributed by atoms with Crippen molar-refractivity contribution >= 4 is 43.1 Å². The van der Waals surface area contributed by atoms with Gasteiger partial charge in [0, 0.05) is 0 Å². The van der Waals surface area contributed by atoms with Gasteiger partial charge < -0.3 is 0 Å². The summed E-state index contributed by atoms with van der Waals surface area (Å²) < 4.78 is 0. The maximum absolute atomic E-state index is 3.36. The van der Waals surface area contributed by atoms with Crippen LogP contribution in [0.15, 0.2) is 66.7 Å². The molecule has 0 nitrogen and oxygen atoms in total. The normalized spacial score (nSPS) is 12.0. The second-order valence-corrected chi connectivity index (χ2v) is 5.33. The van der Waals surface area contributed by atoms with E-state index in [-0.39, 0.29) is 0 Å². The Labute approximate surface area is 116 Å². The van der Waals surface area contributed by atoms with Gasteiger partial charge in [-0.3, -0.25) is 0 Å². The third-order valence-electron chi connectivity index (χ3n) is 4.31. The van der Waals surface area contributed by atoms with E-state index in [1.165, 1.54) is 43.1 Å². The molecule has 0 aromatic heterocycles. The van der Waals surface area contributed by atoms with E-state index in [1.54, 1.807) is 0 Å². The van der Waals surface area contributed by atoms with Gasteiger partial charge in [-0.05, 0) is 49.2 Å². The summed E-state index contributed by atoms with van der Waals surface area (Å²) in [5.41, 5.74) is 0. The highest BCUT2D eigenvalue weighted by Crippen LogP contribution is 2.39. The fourth-order valence-corrected chi connectivity index (χ4v) is 3.50. The molecule has 0 atom stereocenters. The van der Waals surface area contributed by atoms with Crippen LogP contribution in [0.25, 0.3) is 43.1 Å². The van der Waals surface area contributed by atoms with Gasteiger partial charge >= 0.3 is 0 Å². The molecule has 0 saturated carbocycles. The predicted molar refractivity (Wildman–Crippen MR) is 86.5 cm³/mol. The predicted octanol–water partition coefficient (Wildman–Crippen LogP) is 5.54. The van der Waals surface area contributed by atoms with Crippen LogP contribution in [-0.4, -0.2) is 0 Å². The lowest BCUT2D eigenvalue weighted by atomic mass is 9.90. The zero-order chi connectivity index (χ0) is 13.1. The van der Waals surface area contributed by atoms with Crippen LogP contribution in [0.3, 0.4) is 0 Å². The van der Waals surface area contributed by atoms with E-state index >= 15 is 0 Å². The molecule has 91 valence electrons. The molecule has 0 heterocycles. The van der Waals surface area contributed by atoms with Gasteiger partial charge in [-0.2, -0.15) is 0 Å². The van der Waals surface area contributed by atoms with Crippen LogP contribution in [-0.2, 0) is 0 Å². The molecule has 0 saturated heterocycles. The molecule has 0 fully saturated rings. The first-order chi connectivity index (χ1) is 9.93. The minimum absolute atomic E-state index is 1.20. The van der Waals surface area contributed by atoms with Crippen LogP contribution in [0.5, 0.6) is 0 Å². The molecular formula is C20H11. The zero-order valence-electron chi connectivity index (χ0n) is 10.9. The Balaban J connectivity index is 2.32. The van der Waals surface area contributed by atoms with Crippen molar-refractivity contribution < 1.29 is 0 Å². The highest BCUT2D eigenvalue weighted by atomic mass is 14.1. The van der Waals surface area contributed by atoms with Gasteiger partial charge in [-0.15, -0.1) is 0 Å². The minimum atomic E-state index is 1.20. The van der Waals surface area contributed by atoms with Gasteiger partial charge in [-0.25, -0.2) is 0 Å². The average molecular weight is 251 g/mol. The summed E-state index contributed by atoms with van der Waals surface area (Å²) in [5, 5.41) is 10.6. The summed E-state index contributed by atoms with van der Waals surface area (Å²) in [5.74, 6) is 0. The molecule has 1 radical (unpaired) electrons. The standard InChI is InChI=1S/C20H11/c1-5-13-6-2-11-17-18-12-4-8-14-7-3-10-16(20(14)18)15(9-1)19(13)17/h1-7,9-12H. The van der Waals surface area contributed by atoms with Gasteiger partial charge in [0.25, 0.3) is 0 Å². The van der Waals surface area contributed by atoms with Gasteiger partial charge in [0.1, 0.15) is 0 Å². The summed E-state index contributed by atoms with van der Waals surface area (Å²) in [7, 11) is 0. The summed E-state index contributed by atoms with van der Waals surface area (Å²) in [6, 6.07) is 27.3. The number of benzene rings is 5. The molecule has 0 aliphatic rings. The summed E-state index contributed by atoms with van der Waals surface area (Å²) >= 11 is 0. The second kappa shape index (κ2) is 3.49. The highest BCUT2D eigenvalue weighted by Gasteiger charge is 2.11. The van der Waals surface area contributed by atoms with E-state index in [2.05, 4.69) is 66.7 Å². The van der Waals surface area contributed by atoms with Gasteiger partial charge in [-0.1, -0.05) is 66.7 Å². The minimum Gasteiger partial charge on any atom is -0.0610 e. The van der Waals surface area contributed by atoms with Crippen LogP contribution in [0.1, 0.15) is 0 Å². The zero-order valence-corrected chi connectivity index (χ0v) is 10.9. The molecule has 0 amide bonds. The maximum atomic E-state index is 3.36. The first-order valence-electron chi connectivity index (χ1n) is 6.89. The Bertz CT molecular complexity index is 917. The number of rotatable bonds is 0. The molecule has 0 unspecified atom stereocenters. The van der Waals surface area contributed by atoms with E-state index < -0.39 is 0 Å². The maximum Gasteiger partial charge on any atom is -0.00201 e. The second-order valence-electron chi connectivity index (χ2n) is 5.33. The molecule has 0 spiro atoms. The van der Waals surface area contributed by atoms with E-state index in [9.17, 15) is 0 Å². The average Bonchev–Trinajstić information content (AvgIpc) is 2.52. The summed E-state index contributed by atoms with van der Waals surface area (Å²) in [6.07, 6.45) is 0. The van der Waals surface area contributed by atoms with Crippen LogP contribution in [0, 0.1) is 6.07 Å². The molecule has 20 heavy (non-hydrogen) atoms. The number of hydrogen-bond acceptors (Lipinski definition) is 0. The van der Waals surface area contributed by atoms with E-state index in [4.69, 9.17) is 0 Å². The topological polar surface area (TPSA) is 0 Å². The van der Waals surface area contributed by atoms with Crippen LogP contribution >= 0.6 is 0 Å². The van der Waals surface area contributed by atoms with E-state index in [1.807, 2.05) is 6.07 Å². The number of fused-ring (bicyclic) bond motifs is 2. The Morgan fingerprint density at radius 2 is 1.15 bits per heavy atom. The van der Waals surface area contributed by atoms with Crippen LogP contribution in [0.2, 0.25) is 0 Å². The van der Waals surface area contributed by atoms with Crippen molar-refractivity contribution in [1.29, 1.82) is 0 Å². The first kappa shape index (κ1) is 10.2. The SMILES string of the molecule is [c]1ccc2c3cccc4cccc(c5cccc1c25)c43. The Kier molecular flexibility index (Phi) is 1.78. The van der Waals surface area contributed by atoms with Crippen molar-refractivity contribution in [3.63, 3.8) is 0 Å². The van der Waals surface area contributed by atoms with Crippen molar-refractivity contribution in [3.05, 3.63) is 72.8 Å². The third-order valence-corrected chi connectivity index (χ3v) is 4.31. The summed E-state index contributed by atoms with van der Waals surface area (Å²) in [6.45, 7) is 0. The molecule has 0 heteroatoms. The van der Waals surface area contributed by atoms with Crippen molar-refractivity contribution in [2.75, 3.05) is 0 Å². The molecular weight excluding hydrogens is 240 g/mol. The molecule has 0 N–H and O–H groups in total. The van der Waals surface area contributed by atoms with Gasteiger partial charge in [0.15, 0.2) is 0 Å². The molecule has 5 aromatic rings. The first-order valence-corrected chi connectivity index (χ1v) is 6.89. The third kappa shape index (κ3) is 1.12. The van der Waals surface area contributed by atoms with Crippen molar-refractivity contribution in [3.8, 4) is 0 Å². The lowest BCUT2D eigenvalue weighted by Gasteiger charge is -2.13. The van der Waals surface area contributed by atoms with Crippen LogP contribution in [0.4, 0.5) is 0 Å². The van der Waals surface area contributed by atoms with Crippen molar-refractivity contribution in [2.24, 2.45) is 0 Å². The largest absolute Gasteiger partial charge is 0.0610 e. The fourth-order valence-electron chi connectivity index (χ4n) is 3.50.